The number of anilines is 1. The van der Waals surface area contributed by atoms with Crippen LogP contribution in [0.25, 0.3) is 11.3 Å². The summed E-state index contributed by atoms with van der Waals surface area (Å²) in [6, 6.07) is 8.68. The summed E-state index contributed by atoms with van der Waals surface area (Å²) in [5.41, 5.74) is 1.93. The second-order valence-electron chi connectivity index (χ2n) is 4.08. The first kappa shape index (κ1) is 13.7. The Morgan fingerprint density at radius 3 is 2.81 bits per heavy atom. The molecule has 0 atom stereocenters. The second kappa shape index (κ2) is 5.99. The molecule has 7 heteroatoms. The van der Waals surface area contributed by atoms with Gasteiger partial charge in [0.25, 0.3) is 5.91 Å². The molecule has 0 fully saturated rings. The van der Waals surface area contributed by atoms with Crippen molar-refractivity contribution in [2.24, 2.45) is 0 Å². The molecule has 0 aliphatic rings. The number of amides is 1. The largest absolute Gasteiger partial charge is 0.296 e. The summed E-state index contributed by atoms with van der Waals surface area (Å²) < 4.78 is 0. The zero-order chi connectivity index (χ0) is 14.7. The minimum atomic E-state index is -0.286. The van der Waals surface area contributed by atoms with Crippen LogP contribution in [0.4, 0.5) is 5.13 Å². The zero-order valence-corrected chi connectivity index (χ0v) is 12.2. The summed E-state index contributed by atoms with van der Waals surface area (Å²) >= 11 is 7.09. The molecule has 0 spiro atoms. The van der Waals surface area contributed by atoms with Crippen molar-refractivity contribution in [2.75, 3.05) is 5.32 Å². The zero-order valence-electron chi connectivity index (χ0n) is 10.7. The van der Waals surface area contributed by atoms with Crippen LogP contribution in [-0.2, 0) is 0 Å². The maximum atomic E-state index is 12.0. The van der Waals surface area contributed by atoms with Crippen molar-refractivity contribution in [3.8, 4) is 11.3 Å². The number of carbonyl (C=O) groups is 1. The molecule has 0 radical (unpaired) electrons. The molecule has 104 valence electrons. The van der Waals surface area contributed by atoms with E-state index in [1.807, 2.05) is 11.4 Å². The molecule has 21 heavy (non-hydrogen) atoms. The lowest BCUT2D eigenvalue weighted by Crippen LogP contribution is -2.13. The fourth-order valence-electron chi connectivity index (χ4n) is 1.65. The van der Waals surface area contributed by atoms with E-state index in [9.17, 15) is 4.79 Å². The molecule has 0 saturated carbocycles. The summed E-state index contributed by atoms with van der Waals surface area (Å²) in [7, 11) is 0. The molecule has 1 amide bonds. The van der Waals surface area contributed by atoms with Crippen LogP contribution in [0, 0.1) is 0 Å². The van der Waals surface area contributed by atoms with Gasteiger partial charge in [-0.2, -0.15) is 0 Å². The van der Waals surface area contributed by atoms with Gasteiger partial charge >= 0.3 is 0 Å². The number of rotatable bonds is 3. The minimum absolute atomic E-state index is 0.286. The van der Waals surface area contributed by atoms with E-state index < -0.39 is 0 Å². The Morgan fingerprint density at radius 1 is 1.19 bits per heavy atom. The number of nitrogens with zero attached hydrogens (tertiary/aromatic N) is 3. The molecule has 3 aromatic heterocycles. The Hall–Kier alpha value is -2.31. The van der Waals surface area contributed by atoms with E-state index in [1.54, 1.807) is 36.7 Å². The first-order valence-corrected chi connectivity index (χ1v) is 7.28. The van der Waals surface area contributed by atoms with E-state index in [4.69, 9.17) is 11.6 Å². The quantitative estimate of drug-likeness (QED) is 0.751. The predicted octanol–water partition coefficient (Wildman–Crippen LogP) is 3.51. The highest BCUT2D eigenvalue weighted by Gasteiger charge is 2.10. The van der Waals surface area contributed by atoms with E-state index in [1.165, 1.54) is 11.3 Å². The van der Waals surface area contributed by atoms with Crippen LogP contribution < -0.4 is 5.32 Å². The average Bonchev–Trinajstić information content (AvgIpc) is 2.97. The van der Waals surface area contributed by atoms with Gasteiger partial charge in [-0.15, -0.1) is 11.3 Å². The van der Waals surface area contributed by atoms with Crippen LogP contribution in [0.5, 0.6) is 0 Å². The normalized spacial score (nSPS) is 10.3. The van der Waals surface area contributed by atoms with Gasteiger partial charge in [-0.1, -0.05) is 17.7 Å². The molecule has 3 rings (SSSR count). The molecule has 0 saturated heterocycles. The third-order valence-corrected chi connectivity index (χ3v) is 3.63. The molecular formula is C14H9ClN4OS. The Bertz CT molecular complexity index is 758. The van der Waals surface area contributed by atoms with Crippen molar-refractivity contribution < 1.29 is 4.79 Å². The molecule has 1 N–H and O–H groups in total. The summed E-state index contributed by atoms with van der Waals surface area (Å²) in [6.45, 7) is 0. The molecule has 3 aromatic rings. The highest BCUT2D eigenvalue weighted by atomic mass is 35.5. The summed E-state index contributed by atoms with van der Waals surface area (Å²) in [6.07, 6.45) is 3.21. The Labute approximate surface area is 129 Å². The predicted molar refractivity (Wildman–Crippen MR) is 82.5 cm³/mol. The molecule has 0 unspecified atom stereocenters. The lowest BCUT2D eigenvalue weighted by molar-refractivity contribution is 0.102. The number of hydrogen-bond donors (Lipinski definition) is 1. The maximum absolute atomic E-state index is 12.0. The van der Waals surface area contributed by atoms with Gasteiger partial charge in [0.15, 0.2) is 5.13 Å². The van der Waals surface area contributed by atoms with E-state index >= 15 is 0 Å². The van der Waals surface area contributed by atoms with Crippen LogP contribution in [0.2, 0.25) is 5.15 Å². The van der Waals surface area contributed by atoms with Gasteiger partial charge in [-0.25, -0.2) is 9.97 Å². The fourth-order valence-corrected chi connectivity index (χ4v) is 2.48. The van der Waals surface area contributed by atoms with E-state index in [-0.39, 0.29) is 5.91 Å². The second-order valence-corrected chi connectivity index (χ2v) is 5.32. The van der Waals surface area contributed by atoms with Gasteiger partial charge in [-0.3, -0.25) is 15.1 Å². The molecule has 5 nitrogen and oxygen atoms in total. The summed E-state index contributed by atoms with van der Waals surface area (Å²) in [5, 5.41) is 5.50. The van der Waals surface area contributed by atoms with Gasteiger partial charge in [-0.05, 0) is 24.3 Å². The standard InChI is InChI=1S/C14H9ClN4OS/c15-12-5-4-9(7-17-12)11-8-21-14(18-11)19-13(20)10-3-1-2-6-16-10/h1-8H,(H,18,19,20). The van der Waals surface area contributed by atoms with Crippen LogP contribution in [-0.4, -0.2) is 20.9 Å². The average molecular weight is 317 g/mol. The third-order valence-electron chi connectivity index (χ3n) is 2.65. The maximum Gasteiger partial charge on any atom is 0.276 e. The molecule has 0 aliphatic carbocycles. The van der Waals surface area contributed by atoms with Crippen molar-refractivity contribution in [3.63, 3.8) is 0 Å². The number of carbonyl (C=O) groups excluding carboxylic acids is 1. The molecule has 0 aliphatic heterocycles. The molecule has 0 bridgehead atoms. The lowest BCUT2D eigenvalue weighted by Gasteiger charge is -2.00. The number of pyridine rings is 2. The number of halogens is 1. The van der Waals surface area contributed by atoms with Gasteiger partial charge in [0.2, 0.25) is 0 Å². The van der Waals surface area contributed by atoms with Crippen LogP contribution in [0.3, 0.4) is 0 Å². The Morgan fingerprint density at radius 2 is 2.10 bits per heavy atom. The smallest absolute Gasteiger partial charge is 0.276 e. The van der Waals surface area contributed by atoms with Crippen LogP contribution >= 0.6 is 22.9 Å². The van der Waals surface area contributed by atoms with Crippen molar-refractivity contribution in [2.45, 2.75) is 0 Å². The topological polar surface area (TPSA) is 67.8 Å². The van der Waals surface area contributed by atoms with Crippen molar-refractivity contribution in [1.82, 2.24) is 15.0 Å². The number of thiazole rings is 1. The highest BCUT2D eigenvalue weighted by Crippen LogP contribution is 2.25. The number of aromatic nitrogens is 3. The van der Waals surface area contributed by atoms with E-state index in [0.717, 1.165) is 11.3 Å². The van der Waals surface area contributed by atoms with Crippen molar-refractivity contribution in [1.29, 1.82) is 0 Å². The molecule has 0 aromatic carbocycles. The van der Waals surface area contributed by atoms with Crippen molar-refractivity contribution >= 4 is 34.0 Å². The van der Waals surface area contributed by atoms with E-state index in [2.05, 4.69) is 20.3 Å². The third kappa shape index (κ3) is 3.24. The number of nitrogens with one attached hydrogen (secondary N) is 1. The van der Waals surface area contributed by atoms with Gasteiger partial charge in [0.05, 0.1) is 5.69 Å². The number of hydrogen-bond acceptors (Lipinski definition) is 5. The van der Waals surface area contributed by atoms with Gasteiger partial charge in [0.1, 0.15) is 10.8 Å². The first-order valence-electron chi connectivity index (χ1n) is 6.02. The monoisotopic (exact) mass is 316 g/mol. The highest BCUT2D eigenvalue weighted by molar-refractivity contribution is 7.14. The fraction of sp³-hybridized carbons (Fsp3) is 0. The van der Waals surface area contributed by atoms with Crippen LogP contribution in [0.15, 0.2) is 48.1 Å². The van der Waals surface area contributed by atoms with Gasteiger partial charge in [0, 0.05) is 23.3 Å². The van der Waals surface area contributed by atoms with E-state index in [0.29, 0.717) is 16.0 Å². The Balaban J connectivity index is 1.76. The lowest BCUT2D eigenvalue weighted by atomic mass is 10.2. The minimum Gasteiger partial charge on any atom is -0.296 e. The SMILES string of the molecule is O=C(Nc1nc(-c2ccc(Cl)nc2)cs1)c1ccccn1. The molecule has 3 heterocycles. The Kier molecular flexibility index (Phi) is 3.89. The van der Waals surface area contributed by atoms with Crippen molar-refractivity contribution in [3.05, 3.63) is 59.0 Å². The molecular weight excluding hydrogens is 308 g/mol. The summed E-state index contributed by atoms with van der Waals surface area (Å²) in [4.78, 5) is 24.3. The van der Waals surface area contributed by atoms with Crippen LogP contribution in [0.1, 0.15) is 10.5 Å². The van der Waals surface area contributed by atoms with Gasteiger partial charge < -0.3 is 0 Å². The summed E-state index contributed by atoms with van der Waals surface area (Å²) in [5.74, 6) is -0.286. The first-order chi connectivity index (χ1) is 10.2.